The van der Waals surface area contributed by atoms with Crippen molar-refractivity contribution in [3.8, 4) is 0 Å². The molecule has 0 saturated heterocycles. The number of rotatable bonds is 13. The molecular formula is C23H34O3P2. The minimum atomic E-state index is -3.21. The second-order valence-electron chi connectivity index (χ2n) is 6.98. The van der Waals surface area contributed by atoms with Gasteiger partial charge in [-0.15, -0.1) is 0 Å². The maximum absolute atomic E-state index is 13.6. The standard InChI is InChI=1S/C23H34O3P2/c1-4-5-6-7-8-15-20-23(28(24,25-2)26-3)27(21-16-11-9-12-17-21)22-18-13-10-14-19-22/h9-14,16-19,23H,4-8,15,20H2,1-3H3. The number of hydrogen-bond donors (Lipinski definition) is 0. The van der Waals surface area contributed by atoms with Gasteiger partial charge in [-0.25, -0.2) is 0 Å². The predicted molar refractivity (Wildman–Crippen MR) is 122 cm³/mol. The molecule has 0 aliphatic heterocycles. The molecule has 0 spiro atoms. The summed E-state index contributed by atoms with van der Waals surface area (Å²) in [4.78, 5) is 0. The van der Waals surface area contributed by atoms with Crippen molar-refractivity contribution in [3.05, 3.63) is 60.7 Å². The molecule has 0 saturated carbocycles. The highest BCUT2D eigenvalue weighted by Gasteiger charge is 2.40. The van der Waals surface area contributed by atoms with Crippen molar-refractivity contribution >= 4 is 26.1 Å². The van der Waals surface area contributed by atoms with Crippen LogP contribution in [0.3, 0.4) is 0 Å². The van der Waals surface area contributed by atoms with Crippen LogP contribution in [0.2, 0.25) is 0 Å². The van der Waals surface area contributed by atoms with Gasteiger partial charge >= 0.3 is 7.60 Å². The van der Waals surface area contributed by atoms with Crippen molar-refractivity contribution in [3.63, 3.8) is 0 Å². The second kappa shape index (κ2) is 12.6. The quantitative estimate of drug-likeness (QED) is 0.268. The molecule has 2 aromatic rings. The van der Waals surface area contributed by atoms with Gasteiger partial charge in [0.25, 0.3) is 0 Å². The minimum Gasteiger partial charge on any atom is -0.311 e. The van der Waals surface area contributed by atoms with E-state index >= 15 is 0 Å². The summed E-state index contributed by atoms with van der Waals surface area (Å²) in [5.74, 6) is 0. The van der Waals surface area contributed by atoms with E-state index in [0.29, 0.717) is 0 Å². The van der Waals surface area contributed by atoms with Crippen molar-refractivity contribution in [2.24, 2.45) is 0 Å². The predicted octanol–water partition coefficient (Wildman–Crippen LogP) is 6.68. The molecule has 28 heavy (non-hydrogen) atoms. The van der Waals surface area contributed by atoms with E-state index in [1.807, 2.05) is 12.1 Å². The first-order chi connectivity index (χ1) is 13.7. The summed E-state index contributed by atoms with van der Waals surface area (Å²) in [5.41, 5.74) is 0. The van der Waals surface area contributed by atoms with Crippen LogP contribution in [0.25, 0.3) is 0 Å². The molecule has 0 aliphatic rings. The topological polar surface area (TPSA) is 35.5 Å². The van der Waals surface area contributed by atoms with Crippen LogP contribution in [0.1, 0.15) is 51.9 Å². The summed E-state index contributed by atoms with van der Waals surface area (Å²) in [6.45, 7) is 2.23. The minimum absolute atomic E-state index is 0.145. The number of unbranched alkanes of at least 4 members (excludes halogenated alkanes) is 5. The molecule has 0 bridgehead atoms. The molecule has 1 atom stereocenters. The van der Waals surface area contributed by atoms with Crippen LogP contribution in [-0.2, 0) is 13.6 Å². The molecule has 0 fully saturated rings. The van der Waals surface area contributed by atoms with Crippen molar-refractivity contribution in [1.82, 2.24) is 0 Å². The fourth-order valence-corrected chi connectivity index (χ4v) is 9.57. The highest BCUT2D eigenvalue weighted by atomic mass is 31.2. The van der Waals surface area contributed by atoms with Crippen molar-refractivity contribution in [2.75, 3.05) is 14.2 Å². The molecule has 1 unspecified atom stereocenters. The Labute approximate surface area is 172 Å². The fraction of sp³-hybridized carbons (Fsp3) is 0.478. The van der Waals surface area contributed by atoms with Gasteiger partial charge in [0.2, 0.25) is 0 Å². The first kappa shape index (κ1) is 23.3. The smallest absolute Gasteiger partial charge is 0.311 e. The molecule has 154 valence electrons. The monoisotopic (exact) mass is 420 g/mol. The molecule has 0 aromatic heterocycles. The first-order valence-corrected chi connectivity index (χ1v) is 13.3. The molecule has 5 heteroatoms. The van der Waals surface area contributed by atoms with E-state index in [9.17, 15) is 4.57 Å². The maximum Gasteiger partial charge on any atom is 0.338 e. The molecule has 0 N–H and O–H groups in total. The highest BCUT2D eigenvalue weighted by molar-refractivity contribution is 7.83. The molecule has 2 aromatic carbocycles. The van der Waals surface area contributed by atoms with Crippen LogP contribution < -0.4 is 10.6 Å². The maximum atomic E-state index is 13.6. The SMILES string of the molecule is CCCCCCCCC(P(c1ccccc1)c1ccccc1)P(=O)(OC)OC. The average molecular weight is 420 g/mol. The third kappa shape index (κ3) is 6.53. The largest absolute Gasteiger partial charge is 0.338 e. The molecule has 3 nitrogen and oxygen atoms in total. The molecular weight excluding hydrogens is 386 g/mol. The van der Waals surface area contributed by atoms with Crippen LogP contribution in [0.5, 0.6) is 0 Å². The van der Waals surface area contributed by atoms with Crippen LogP contribution in [0.15, 0.2) is 60.7 Å². The van der Waals surface area contributed by atoms with E-state index in [-0.39, 0.29) is 5.40 Å². The Balaban J connectivity index is 2.31. The van der Waals surface area contributed by atoms with Gasteiger partial charge in [-0.1, -0.05) is 106 Å². The summed E-state index contributed by atoms with van der Waals surface area (Å²) in [7, 11) is -1.03. The zero-order chi connectivity index (χ0) is 20.2. The second-order valence-corrected chi connectivity index (χ2v) is 12.2. The third-order valence-corrected chi connectivity index (χ3v) is 11.2. The fourth-order valence-electron chi connectivity index (χ4n) is 3.52. The zero-order valence-corrected chi connectivity index (χ0v) is 19.2. The van der Waals surface area contributed by atoms with Gasteiger partial charge in [0, 0.05) is 14.2 Å². The van der Waals surface area contributed by atoms with Gasteiger partial charge < -0.3 is 9.05 Å². The summed E-state index contributed by atoms with van der Waals surface area (Å²) < 4.78 is 24.6. The molecule has 2 rings (SSSR count). The Morgan fingerprint density at radius 1 is 0.786 bits per heavy atom. The lowest BCUT2D eigenvalue weighted by molar-refractivity contribution is 0.271. The van der Waals surface area contributed by atoms with E-state index in [1.54, 1.807) is 0 Å². The number of hydrogen-bond acceptors (Lipinski definition) is 3. The Morgan fingerprint density at radius 3 is 1.71 bits per heavy atom. The summed E-state index contributed by atoms with van der Waals surface area (Å²) in [6, 6.07) is 20.8. The van der Waals surface area contributed by atoms with Crippen LogP contribution in [0.4, 0.5) is 0 Å². The Morgan fingerprint density at radius 2 is 1.25 bits per heavy atom. The van der Waals surface area contributed by atoms with Gasteiger partial charge in [0.1, 0.15) is 0 Å². The highest BCUT2D eigenvalue weighted by Crippen LogP contribution is 2.65. The Hall–Kier alpha value is -0.980. The van der Waals surface area contributed by atoms with Gasteiger partial charge in [0.15, 0.2) is 0 Å². The van der Waals surface area contributed by atoms with Crippen molar-refractivity contribution in [2.45, 2.75) is 57.3 Å². The molecule has 0 heterocycles. The molecule has 0 amide bonds. The normalized spacial score (nSPS) is 13.0. The molecule has 0 aliphatic carbocycles. The van der Waals surface area contributed by atoms with Gasteiger partial charge in [-0.05, 0) is 25.0 Å². The van der Waals surface area contributed by atoms with E-state index in [0.717, 1.165) is 19.3 Å². The number of benzene rings is 2. The van der Waals surface area contributed by atoms with Gasteiger partial charge in [0.05, 0.1) is 5.40 Å². The first-order valence-electron chi connectivity index (χ1n) is 10.3. The lowest BCUT2D eigenvalue weighted by Crippen LogP contribution is -2.23. The van der Waals surface area contributed by atoms with E-state index in [1.165, 1.54) is 50.5 Å². The van der Waals surface area contributed by atoms with Gasteiger partial charge in [-0.2, -0.15) is 0 Å². The third-order valence-electron chi connectivity index (χ3n) is 5.06. The Kier molecular flexibility index (Phi) is 10.4. The lowest BCUT2D eigenvalue weighted by atomic mass is 10.1. The van der Waals surface area contributed by atoms with Crippen LogP contribution in [0, 0.1) is 0 Å². The zero-order valence-electron chi connectivity index (χ0n) is 17.4. The Bertz CT molecular complexity index is 659. The van der Waals surface area contributed by atoms with Gasteiger partial charge in [-0.3, -0.25) is 4.57 Å². The van der Waals surface area contributed by atoms with Crippen LogP contribution in [-0.4, -0.2) is 19.6 Å². The van der Waals surface area contributed by atoms with E-state index in [4.69, 9.17) is 9.05 Å². The van der Waals surface area contributed by atoms with E-state index in [2.05, 4.69) is 55.5 Å². The summed E-state index contributed by atoms with van der Waals surface area (Å²) in [5, 5.41) is 2.29. The van der Waals surface area contributed by atoms with Crippen molar-refractivity contribution in [1.29, 1.82) is 0 Å². The molecule has 0 radical (unpaired) electrons. The lowest BCUT2D eigenvalue weighted by Gasteiger charge is -2.32. The van der Waals surface area contributed by atoms with E-state index < -0.39 is 15.5 Å². The summed E-state index contributed by atoms with van der Waals surface area (Å²) in [6.07, 6.45) is 8.11. The van der Waals surface area contributed by atoms with Crippen LogP contribution >= 0.6 is 15.5 Å². The average Bonchev–Trinajstić information content (AvgIpc) is 2.76. The van der Waals surface area contributed by atoms with Crippen molar-refractivity contribution < 1.29 is 13.6 Å². The summed E-state index contributed by atoms with van der Waals surface area (Å²) >= 11 is 0.